The molecular formula is C18H12N4OS3. The van der Waals surface area contributed by atoms with E-state index in [1.54, 1.807) is 7.11 Å². The van der Waals surface area contributed by atoms with Crippen molar-refractivity contribution in [3.63, 3.8) is 0 Å². The van der Waals surface area contributed by atoms with Crippen molar-refractivity contribution in [3.8, 4) is 11.4 Å². The number of hydrogen-bond acceptors (Lipinski definition) is 5. The molecule has 0 saturated heterocycles. The van der Waals surface area contributed by atoms with Gasteiger partial charge in [-0.05, 0) is 48.7 Å². The Labute approximate surface area is 162 Å². The van der Waals surface area contributed by atoms with Gasteiger partial charge in [0.2, 0.25) is 4.77 Å². The number of methoxy groups -OCH3 is 1. The second-order valence-electron chi connectivity index (χ2n) is 5.78. The topological polar surface area (TPSA) is 47.2 Å². The molecule has 8 heteroatoms. The van der Waals surface area contributed by atoms with Crippen molar-refractivity contribution >= 4 is 62.8 Å². The van der Waals surface area contributed by atoms with Gasteiger partial charge in [0.05, 0.1) is 23.8 Å². The minimum absolute atomic E-state index is 0.495. The van der Waals surface area contributed by atoms with E-state index >= 15 is 0 Å². The summed E-state index contributed by atoms with van der Waals surface area (Å²) in [6, 6.07) is 15.8. The first-order valence-electron chi connectivity index (χ1n) is 7.87. The maximum Gasteiger partial charge on any atom is 0.207 e. The molecule has 0 radical (unpaired) electrons. The van der Waals surface area contributed by atoms with Crippen LogP contribution < -0.4 is 4.74 Å². The second-order valence-corrected chi connectivity index (χ2v) is 7.79. The minimum atomic E-state index is 0.495. The average Bonchev–Trinajstić information content (AvgIpc) is 3.20. The van der Waals surface area contributed by atoms with Gasteiger partial charge in [0.15, 0.2) is 9.60 Å². The third-order valence-electron chi connectivity index (χ3n) is 4.33. The van der Waals surface area contributed by atoms with Crippen LogP contribution in [0.4, 0.5) is 0 Å². The van der Waals surface area contributed by atoms with E-state index in [-0.39, 0.29) is 0 Å². The number of imidazole rings is 1. The molecule has 5 aromatic rings. The first-order valence-corrected chi connectivity index (χ1v) is 9.50. The van der Waals surface area contributed by atoms with Gasteiger partial charge in [-0.25, -0.2) is 0 Å². The van der Waals surface area contributed by atoms with Crippen molar-refractivity contribution in [3.05, 3.63) is 57.3 Å². The monoisotopic (exact) mass is 396 g/mol. The number of H-pyrrole nitrogens is 1. The normalized spacial score (nSPS) is 11.6. The van der Waals surface area contributed by atoms with Crippen molar-refractivity contribution in [2.75, 3.05) is 7.11 Å². The van der Waals surface area contributed by atoms with Crippen LogP contribution in [0.2, 0.25) is 0 Å². The number of ether oxygens (including phenoxy) is 1. The molecular weight excluding hydrogens is 384 g/mol. The molecule has 0 spiro atoms. The lowest BCUT2D eigenvalue weighted by Gasteiger charge is -2.06. The number of rotatable bonds is 2. The van der Waals surface area contributed by atoms with Gasteiger partial charge in [0, 0.05) is 6.07 Å². The van der Waals surface area contributed by atoms with Gasteiger partial charge in [-0.1, -0.05) is 29.5 Å². The van der Waals surface area contributed by atoms with Crippen LogP contribution in [0.3, 0.4) is 0 Å². The van der Waals surface area contributed by atoms with Crippen LogP contribution in [0.15, 0.2) is 48.5 Å². The van der Waals surface area contributed by atoms with Crippen LogP contribution in [-0.4, -0.2) is 26.0 Å². The van der Waals surface area contributed by atoms with E-state index in [0.717, 1.165) is 38.5 Å². The Morgan fingerprint density at radius 3 is 2.81 bits per heavy atom. The lowest BCUT2D eigenvalue weighted by atomic mass is 10.3. The van der Waals surface area contributed by atoms with Gasteiger partial charge < -0.3 is 9.72 Å². The summed E-state index contributed by atoms with van der Waals surface area (Å²) in [5, 5.41) is 0. The van der Waals surface area contributed by atoms with E-state index in [2.05, 4.69) is 4.98 Å². The molecule has 0 saturated carbocycles. The Balaban J connectivity index is 1.94. The lowest BCUT2D eigenvalue weighted by Crippen LogP contribution is -1.99. The summed E-state index contributed by atoms with van der Waals surface area (Å²) >= 11 is 12.8. The zero-order valence-electron chi connectivity index (χ0n) is 13.6. The Kier molecular flexibility index (Phi) is 3.46. The molecule has 0 aliphatic rings. The highest BCUT2D eigenvalue weighted by Gasteiger charge is 2.16. The van der Waals surface area contributed by atoms with E-state index in [9.17, 15) is 0 Å². The van der Waals surface area contributed by atoms with Crippen LogP contribution in [0.1, 0.15) is 0 Å². The van der Waals surface area contributed by atoms with Gasteiger partial charge in [-0.3, -0.25) is 8.97 Å². The summed E-state index contributed by atoms with van der Waals surface area (Å²) in [5.41, 5.74) is 4.60. The molecule has 0 aliphatic heterocycles. The van der Waals surface area contributed by atoms with E-state index in [0.29, 0.717) is 8.73 Å². The van der Waals surface area contributed by atoms with Gasteiger partial charge in [0.1, 0.15) is 16.1 Å². The zero-order chi connectivity index (χ0) is 17.8. The number of fused-ring (bicyclic) bond motifs is 5. The Bertz CT molecular complexity index is 1420. The number of aromatic nitrogens is 4. The second kappa shape index (κ2) is 5.73. The van der Waals surface area contributed by atoms with E-state index in [1.165, 1.54) is 11.3 Å². The molecule has 26 heavy (non-hydrogen) atoms. The fourth-order valence-corrected chi connectivity index (χ4v) is 4.82. The highest BCUT2D eigenvalue weighted by molar-refractivity contribution is 7.73. The summed E-state index contributed by atoms with van der Waals surface area (Å²) in [7, 11) is 1.65. The van der Waals surface area contributed by atoms with Crippen LogP contribution in [0.5, 0.6) is 5.75 Å². The summed E-state index contributed by atoms with van der Waals surface area (Å²) in [5.74, 6) is 0.767. The number of thiazole rings is 1. The molecule has 128 valence electrons. The standard InChI is InChI=1S/C18H12N4OS3/c1-23-11-6-4-5-10(9-11)21-16-14(26-18(21)25)15-19-12-7-2-3-8-13(12)22(15)17(24)20-16/h2-9,19H,1H3. The first-order chi connectivity index (χ1) is 12.7. The zero-order valence-corrected chi connectivity index (χ0v) is 16.0. The molecule has 0 bridgehead atoms. The van der Waals surface area contributed by atoms with Crippen LogP contribution >= 0.6 is 35.8 Å². The number of nitrogens with one attached hydrogen (secondary N) is 1. The number of hydrogen-bond donors (Lipinski definition) is 1. The average molecular weight is 397 g/mol. The van der Waals surface area contributed by atoms with E-state index in [1.807, 2.05) is 57.5 Å². The predicted molar refractivity (Wildman–Crippen MR) is 110 cm³/mol. The Hall–Kier alpha value is -2.55. The number of aromatic amines is 1. The highest BCUT2D eigenvalue weighted by Crippen LogP contribution is 2.31. The third-order valence-corrected chi connectivity index (χ3v) is 5.97. The predicted octanol–water partition coefficient (Wildman–Crippen LogP) is 5.29. The molecule has 5 rings (SSSR count). The summed E-state index contributed by atoms with van der Waals surface area (Å²) in [6.07, 6.45) is 0. The molecule has 0 aliphatic carbocycles. The maximum absolute atomic E-state index is 5.64. The van der Waals surface area contributed by atoms with Crippen molar-refractivity contribution in [1.82, 2.24) is 18.9 Å². The summed E-state index contributed by atoms with van der Waals surface area (Å²) in [4.78, 5) is 8.16. The quantitative estimate of drug-likeness (QED) is 0.412. The molecule has 0 unspecified atom stereocenters. The summed E-state index contributed by atoms with van der Waals surface area (Å²) < 4.78 is 11.4. The van der Waals surface area contributed by atoms with E-state index < -0.39 is 0 Å². The summed E-state index contributed by atoms with van der Waals surface area (Å²) in [6.45, 7) is 0. The molecule has 0 fully saturated rings. The smallest absolute Gasteiger partial charge is 0.207 e. The molecule has 0 amide bonds. The molecule has 5 nitrogen and oxygen atoms in total. The molecule has 2 aromatic carbocycles. The lowest BCUT2D eigenvalue weighted by molar-refractivity contribution is 0.414. The van der Waals surface area contributed by atoms with Crippen molar-refractivity contribution < 1.29 is 4.74 Å². The maximum atomic E-state index is 5.64. The molecule has 3 aromatic heterocycles. The van der Waals surface area contributed by atoms with Crippen molar-refractivity contribution in [2.24, 2.45) is 0 Å². The van der Waals surface area contributed by atoms with Gasteiger partial charge in [0.25, 0.3) is 0 Å². The first kappa shape index (κ1) is 15.7. The highest BCUT2D eigenvalue weighted by atomic mass is 32.1. The van der Waals surface area contributed by atoms with E-state index in [4.69, 9.17) is 34.2 Å². The van der Waals surface area contributed by atoms with Crippen molar-refractivity contribution in [1.29, 1.82) is 0 Å². The fraction of sp³-hybridized carbons (Fsp3) is 0.0556. The third kappa shape index (κ3) is 2.16. The molecule has 3 heterocycles. The number of benzene rings is 2. The van der Waals surface area contributed by atoms with Crippen LogP contribution in [-0.2, 0) is 0 Å². The van der Waals surface area contributed by atoms with Gasteiger partial charge in [-0.15, -0.1) is 0 Å². The van der Waals surface area contributed by atoms with Gasteiger partial charge in [-0.2, -0.15) is 4.98 Å². The fourth-order valence-electron chi connectivity index (χ4n) is 3.17. The Morgan fingerprint density at radius 2 is 1.96 bits per heavy atom. The number of nitrogens with zero attached hydrogens (tertiary/aromatic N) is 3. The number of para-hydroxylation sites is 2. The molecule has 1 N–H and O–H groups in total. The minimum Gasteiger partial charge on any atom is -0.497 e. The largest absolute Gasteiger partial charge is 0.497 e. The van der Waals surface area contributed by atoms with Crippen molar-refractivity contribution in [2.45, 2.75) is 0 Å². The SMILES string of the molecule is COc1cccc(-n2c(=S)sc3c2nc(=S)n2c4ccccc4[nH]c32)c1. The van der Waals surface area contributed by atoms with Crippen LogP contribution in [0, 0.1) is 8.73 Å². The van der Waals surface area contributed by atoms with Crippen LogP contribution in [0.25, 0.3) is 32.7 Å². The molecule has 0 atom stereocenters. The Morgan fingerprint density at radius 1 is 1.12 bits per heavy atom. The van der Waals surface area contributed by atoms with Gasteiger partial charge >= 0.3 is 0 Å².